The Bertz CT molecular complexity index is 820. The molecule has 1 heterocycles. The van der Waals surface area contributed by atoms with Gasteiger partial charge in [-0.25, -0.2) is 8.78 Å². The second-order valence-corrected chi connectivity index (χ2v) is 4.70. The minimum atomic E-state index is -0.550. The van der Waals surface area contributed by atoms with Crippen molar-refractivity contribution >= 4 is 17.3 Å². The summed E-state index contributed by atoms with van der Waals surface area (Å²) >= 11 is 5.70. The van der Waals surface area contributed by atoms with E-state index in [1.54, 1.807) is 0 Å². The minimum absolute atomic E-state index is 0.0183. The van der Waals surface area contributed by atoms with E-state index < -0.39 is 11.6 Å². The summed E-state index contributed by atoms with van der Waals surface area (Å²) in [7, 11) is 0. The van der Waals surface area contributed by atoms with Crippen molar-refractivity contribution in [3.05, 3.63) is 53.1 Å². The molecule has 0 fully saturated rings. The van der Waals surface area contributed by atoms with Crippen molar-refractivity contribution in [1.29, 1.82) is 0 Å². The van der Waals surface area contributed by atoms with Gasteiger partial charge >= 0.3 is 0 Å². The molecule has 21 heavy (non-hydrogen) atoms. The van der Waals surface area contributed by atoms with Crippen molar-refractivity contribution < 1.29 is 13.3 Å². The smallest absolute Gasteiger partial charge is 0.261 e. The van der Waals surface area contributed by atoms with Crippen LogP contribution in [0.2, 0.25) is 5.02 Å². The number of hydrogen-bond acceptors (Lipinski definition) is 4. The van der Waals surface area contributed by atoms with Gasteiger partial charge < -0.3 is 10.3 Å². The molecular weight excluding hydrogens is 300 g/mol. The normalized spacial score (nSPS) is 10.8. The van der Waals surface area contributed by atoms with Gasteiger partial charge in [0.2, 0.25) is 5.82 Å². The lowest BCUT2D eigenvalue weighted by molar-refractivity contribution is 0.429. The van der Waals surface area contributed by atoms with E-state index in [-0.39, 0.29) is 22.3 Å². The first kappa shape index (κ1) is 13.5. The molecule has 0 atom stereocenters. The quantitative estimate of drug-likeness (QED) is 0.729. The number of nitrogens with zero attached hydrogens (tertiary/aromatic N) is 2. The van der Waals surface area contributed by atoms with Crippen LogP contribution in [0.15, 0.2) is 40.9 Å². The zero-order valence-corrected chi connectivity index (χ0v) is 11.2. The molecule has 2 aromatic carbocycles. The molecule has 0 saturated carbocycles. The summed E-state index contributed by atoms with van der Waals surface area (Å²) in [5, 5.41) is 3.67. The molecule has 0 radical (unpaired) electrons. The fourth-order valence-corrected chi connectivity index (χ4v) is 1.97. The Morgan fingerprint density at radius 2 is 1.81 bits per heavy atom. The molecule has 3 rings (SSSR count). The van der Waals surface area contributed by atoms with E-state index in [9.17, 15) is 8.78 Å². The maximum Gasteiger partial charge on any atom is 0.261 e. The van der Waals surface area contributed by atoms with E-state index in [2.05, 4.69) is 10.1 Å². The zero-order chi connectivity index (χ0) is 15.0. The van der Waals surface area contributed by atoms with Gasteiger partial charge in [0.1, 0.15) is 11.6 Å². The summed E-state index contributed by atoms with van der Waals surface area (Å²) in [6.07, 6.45) is 0. The first-order valence-corrected chi connectivity index (χ1v) is 6.27. The maximum atomic E-state index is 13.7. The van der Waals surface area contributed by atoms with Crippen LogP contribution < -0.4 is 5.73 Å². The fraction of sp³-hybridized carbons (Fsp3) is 0. The Labute approximate surface area is 123 Å². The molecule has 2 N–H and O–H groups in total. The minimum Gasteiger partial charge on any atom is -0.399 e. The van der Waals surface area contributed by atoms with Crippen molar-refractivity contribution in [1.82, 2.24) is 10.1 Å². The Kier molecular flexibility index (Phi) is 3.31. The third kappa shape index (κ3) is 2.57. The van der Waals surface area contributed by atoms with Crippen molar-refractivity contribution in [3.63, 3.8) is 0 Å². The predicted molar refractivity (Wildman–Crippen MR) is 74.5 cm³/mol. The van der Waals surface area contributed by atoms with Crippen molar-refractivity contribution in [2.24, 2.45) is 0 Å². The van der Waals surface area contributed by atoms with E-state index in [0.29, 0.717) is 11.3 Å². The summed E-state index contributed by atoms with van der Waals surface area (Å²) in [4.78, 5) is 4.07. The van der Waals surface area contributed by atoms with E-state index in [0.717, 1.165) is 0 Å². The fourth-order valence-electron chi connectivity index (χ4n) is 1.79. The Hall–Kier alpha value is -2.47. The van der Waals surface area contributed by atoms with Gasteiger partial charge in [0.05, 0.1) is 10.6 Å². The van der Waals surface area contributed by atoms with Gasteiger partial charge in [-0.05, 0) is 36.4 Å². The van der Waals surface area contributed by atoms with E-state index in [1.807, 2.05) is 0 Å². The second-order valence-electron chi connectivity index (χ2n) is 4.29. The number of benzene rings is 2. The topological polar surface area (TPSA) is 64.9 Å². The zero-order valence-electron chi connectivity index (χ0n) is 10.5. The summed E-state index contributed by atoms with van der Waals surface area (Å²) in [5.74, 6) is -0.925. The highest BCUT2D eigenvalue weighted by molar-refractivity contribution is 6.31. The molecular formula is C14H8ClF2N3O. The number of nitrogen functional groups attached to an aromatic ring is 1. The predicted octanol–water partition coefficient (Wildman–Crippen LogP) is 3.92. The highest BCUT2D eigenvalue weighted by Crippen LogP contribution is 2.27. The molecule has 3 aromatic rings. The number of aromatic nitrogens is 2. The van der Waals surface area contributed by atoms with Gasteiger partial charge in [-0.1, -0.05) is 16.8 Å². The SMILES string of the molecule is Nc1ccc(F)c(-c2nc(-c3ccc(F)c(Cl)c3)no2)c1. The molecule has 0 aliphatic heterocycles. The first-order chi connectivity index (χ1) is 10.0. The summed E-state index contributed by atoms with van der Waals surface area (Å²) < 4.78 is 31.9. The van der Waals surface area contributed by atoms with E-state index >= 15 is 0 Å². The highest BCUT2D eigenvalue weighted by atomic mass is 35.5. The van der Waals surface area contributed by atoms with E-state index in [1.165, 1.54) is 36.4 Å². The molecule has 7 heteroatoms. The van der Waals surface area contributed by atoms with Crippen LogP contribution in [0.4, 0.5) is 14.5 Å². The molecule has 0 amide bonds. The van der Waals surface area contributed by atoms with Gasteiger partial charge in [0.25, 0.3) is 5.89 Å². The summed E-state index contributed by atoms with van der Waals surface area (Å²) in [5.41, 5.74) is 6.53. The van der Waals surface area contributed by atoms with Crippen LogP contribution in [-0.2, 0) is 0 Å². The Morgan fingerprint density at radius 1 is 1.05 bits per heavy atom. The molecule has 0 bridgehead atoms. The van der Waals surface area contributed by atoms with Gasteiger partial charge in [0, 0.05) is 11.3 Å². The summed E-state index contributed by atoms with van der Waals surface area (Å²) in [6, 6.07) is 8.03. The van der Waals surface area contributed by atoms with Crippen LogP contribution in [0.5, 0.6) is 0 Å². The number of halogens is 3. The van der Waals surface area contributed by atoms with Crippen molar-refractivity contribution in [3.8, 4) is 22.8 Å². The van der Waals surface area contributed by atoms with Crippen molar-refractivity contribution in [2.75, 3.05) is 5.73 Å². The van der Waals surface area contributed by atoms with Crippen LogP contribution in [0.1, 0.15) is 0 Å². The van der Waals surface area contributed by atoms with Crippen molar-refractivity contribution in [2.45, 2.75) is 0 Å². The van der Waals surface area contributed by atoms with E-state index in [4.69, 9.17) is 21.9 Å². The molecule has 0 saturated heterocycles. The molecule has 1 aromatic heterocycles. The van der Waals surface area contributed by atoms with Crippen LogP contribution in [-0.4, -0.2) is 10.1 Å². The molecule has 0 aliphatic carbocycles. The molecule has 4 nitrogen and oxygen atoms in total. The highest BCUT2D eigenvalue weighted by Gasteiger charge is 2.15. The Morgan fingerprint density at radius 3 is 2.57 bits per heavy atom. The van der Waals surface area contributed by atoms with Gasteiger partial charge in [0.15, 0.2) is 0 Å². The number of rotatable bonds is 2. The molecule has 0 unspecified atom stereocenters. The average molecular weight is 308 g/mol. The largest absolute Gasteiger partial charge is 0.399 e. The molecule has 0 spiro atoms. The number of anilines is 1. The molecule has 106 valence electrons. The Balaban J connectivity index is 2.03. The molecule has 0 aliphatic rings. The third-order valence-electron chi connectivity index (χ3n) is 2.82. The van der Waals surface area contributed by atoms with Gasteiger partial charge in [-0.15, -0.1) is 0 Å². The lowest BCUT2D eigenvalue weighted by Gasteiger charge is -1.98. The number of hydrogen-bond donors (Lipinski definition) is 1. The van der Waals surface area contributed by atoms with Crippen LogP contribution in [0, 0.1) is 11.6 Å². The third-order valence-corrected chi connectivity index (χ3v) is 3.11. The lowest BCUT2D eigenvalue weighted by Crippen LogP contribution is -1.90. The second kappa shape index (κ2) is 5.14. The average Bonchev–Trinajstić information content (AvgIpc) is 2.94. The standard InChI is InChI=1S/C14H8ClF2N3O/c15-10-5-7(1-3-12(10)17)13-19-14(21-20-13)9-6-8(18)2-4-11(9)16/h1-6H,18H2. The lowest BCUT2D eigenvalue weighted by atomic mass is 10.2. The first-order valence-electron chi connectivity index (χ1n) is 5.89. The summed E-state index contributed by atoms with van der Waals surface area (Å²) in [6.45, 7) is 0. The maximum absolute atomic E-state index is 13.7. The van der Waals surface area contributed by atoms with Gasteiger partial charge in [-0.2, -0.15) is 4.98 Å². The van der Waals surface area contributed by atoms with Crippen LogP contribution in [0.3, 0.4) is 0 Å². The van der Waals surface area contributed by atoms with Gasteiger partial charge in [-0.3, -0.25) is 0 Å². The number of nitrogens with two attached hydrogens (primary N) is 1. The monoisotopic (exact) mass is 307 g/mol. The van der Waals surface area contributed by atoms with Crippen LogP contribution >= 0.6 is 11.6 Å². The van der Waals surface area contributed by atoms with Crippen LogP contribution in [0.25, 0.3) is 22.8 Å².